The largest absolute Gasteiger partial charge is 0.385 e. The van der Waals surface area contributed by atoms with Crippen LogP contribution in [0.3, 0.4) is 0 Å². The topological polar surface area (TPSA) is 74.8 Å². The zero-order chi connectivity index (χ0) is 18.1. The molecule has 0 aromatic carbocycles. The van der Waals surface area contributed by atoms with Crippen molar-refractivity contribution in [3.05, 3.63) is 0 Å². The van der Waals surface area contributed by atoms with Gasteiger partial charge in [0.25, 0.3) is 0 Å². The molecular weight excluding hydrogens is 304 g/mol. The molecule has 1 rings (SSSR count). The predicted molar refractivity (Wildman–Crippen MR) is 99.2 cm³/mol. The van der Waals surface area contributed by atoms with Crippen LogP contribution in [0.4, 0.5) is 0 Å². The lowest BCUT2D eigenvalue weighted by Crippen LogP contribution is -2.44. The summed E-state index contributed by atoms with van der Waals surface area (Å²) in [4.78, 5) is 16.5. The Morgan fingerprint density at radius 2 is 1.92 bits per heavy atom. The van der Waals surface area contributed by atoms with Gasteiger partial charge in [-0.1, -0.05) is 12.8 Å². The number of rotatable bonds is 9. The molecule has 24 heavy (non-hydrogen) atoms. The maximum atomic E-state index is 11.9. The summed E-state index contributed by atoms with van der Waals surface area (Å²) >= 11 is 0. The summed E-state index contributed by atoms with van der Waals surface area (Å²) in [6, 6.07) is 0. The van der Waals surface area contributed by atoms with Gasteiger partial charge in [0, 0.05) is 33.9 Å². The Morgan fingerprint density at radius 1 is 1.25 bits per heavy atom. The van der Waals surface area contributed by atoms with E-state index in [0.717, 1.165) is 32.1 Å². The van der Waals surface area contributed by atoms with Crippen LogP contribution in [0.2, 0.25) is 0 Å². The van der Waals surface area contributed by atoms with E-state index in [1.807, 2.05) is 13.8 Å². The number of carbonyl (C=O) groups is 1. The molecule has 3 N–H and O–H groups in total. The summed E-state index contributed by atoms with van der Waals surface area (Å²) < 4.78 is 5.30. The van der Waals surface area contributed by atoms with E-state index in [2.05, 4.69) is 27.9 Å². The number of nitrogens with one attached hydrogen (secondary N) is 3. The highest BCUT2D eigenvalue weighted by Crippen LogP contribution is 2.40. The molecule has 0 unspecified atom stereocenters. The molecule has 6 nitrogen and oxygen atoms in total. The van der Waals surface area contributed by atoms with Gasteiger partial charge in [0.2, 0.25) is 5.91 Å². The molecule has 1 aliphatic rings. The Labute approximate surface area is 147 Å². The van der Waals surface area contributed by atoms with Crippen LogP contribution < -0.4 is 16.0 Å². The molecule has 0 saturated heterocycles. The third-order valence-corrected chi connectivity index (χ3v) is 4.95. The third kappa shape index (κ3) is 6.30. The maximum absolute atomic E-state index is 11.9. The fourth-order valence-corrected chi connectivity index (χ4v) is 3.26. The Kier molecular flexibility index (Phi) is 8.53. The van der Waals surface area contributed by atoms with Crippen molar-refractivity contribution in [2.24, 2.45) is 15.8 Å². The number of nitrogens with zero attached hydrogens (tertiary/aromatic N) is 1. The fourth-order valence-electron chi connectivity index (χ4n) is 3.26. The van der Waals surface area contributed by atoms with E-state index >= 15 is 0 Å². The highest BCUT2D eigenvalue weighted by atomic mass is 16.5. The van der Waals surface area contributed by atoms with Crippen LogP contribution in [-0.2, 0) is 9.53 Å². The molecule has 0 bridgehead atoms. The first-order valence-corrected chi connectivity index (χ1v) is 9.12. The molecule has 0 aromatic heterocycles. The van der Waals surface area contributed by atoms with Gasteiger partial charge in [-0.25, -0.2) is 0 Å². The summed E-state index contributed by atoms with van der Waals surface area (Å²) in [6.45, 7) is 8.84. The lowest BCUT2D eigenvalue weighted by Gasteiger charge is -2.30. The molecule has 1 amide bonds. The Hall–Kier alpha value is -1.30. The minimum absolute atomic E-state index is 0.00876. The predicted octanol–water partition coefficient (Wildman–Crippen LogP) is 1.91. The quantitative estimate of drug-likeness (QED) is 0.443. The standard InChI is InChI=1S/C18H36N4O2/c1-6-20-16(21-13-17(2,3)15(23)19-4)22-14-18(11-12-24-5)9-7-8-10-18/h6-14H2,1-5H3,(H,19,23)(H2,20,21,22). The normalized spacial score (nSPS) is 17.6. The van der Waals surface area contributed by atoms with E-state index in [-0.39, 0.29) is 5.91 Å². The van der Waals surface area contributed by atoms with Crippen LogP contribution in [0.1, 0.15) is 52.9 Å². The number of hydrogen-bond acceptors (Lipinski definition) is 3. The molecule has 0 atom stereocenters. The smallest absolute Gasteiger partial charge is 0.227 e. The molecule has 6 heteroatoms. The second kappa shape index (κ2) is 9.87. The van der Waals surface area contributed by atoms with Crippen molar-refractivity contribution in [2.75, 3.05) is 40.4 Å². The summed E-state index contributed by atoms with van der Waals surface area (Å²) in [5.41, 5.74) is -0.208. The van der Waals surface area contributed by atoms with Gasteiger partial charge in [0.15, 0.2) is 5.96 Å². The highest BCUT2D eigenvalue weighted by molar-refractivity contribution is 5.83. The van der Waals surface area contributed by atoms with Crippen LogP contribution in [-0.4, -0.2) is 52.3 Å². The first-order valence-electron chi connectivity index (χ1n) is 9.12. The van der Waals surface area contributed by atoms with Crippen molar-refractivity contribution in [3.63, 3.8) is 0 Å². The number of aliphatic imine (C=N–C) groups is 1. The van der Waals surface area contributed by atoms with Crippen molar-refractivity contribution < 1.29 is 9.53 Å². The van der Waals surface area contributed by atoms with Crippen molar-refractivity contribution in [1.29, 1.82) is 0 Å². The molecule has 1 fully saturated rings. The monoisotopic (exact) mass is 340 g/mol. The van der Waals surface area contributed by atoms with Crippen LogP contribution in [0.5, 0.6) is 0 Å². The average molecular weight is 341 g/mol. The van der Waals surface area contributed by atoms with E-state index < -0.39 is 5.41 Å². The lowest BCUT2D eigenvalue weighted by molar-refractivity contribution is -0.128. The number of hydrogen-bond donors (Lipinski definition) is 3. The van der Waals surface area contributed by atoms with Gasteiger partial charge in [0.05, 0.1) is 12.0 Å². The highest BCUT2D eigenvalue weighted by Gasteiger charge is 2.33. The molecule has 140 valence electrons. The molecule has 0 heterocycles. The van der Waals surface area contributed by atoms with E-state index in [0.29, 0.717) is 12.0 Å². The second-order valence-electron chi connectivity index (χ2n) is 7.46. The van der Waals surface area contributed by atoms with Gasteiger partial charge in [-0.3, -0.25) is 9.79 Å². The van der Waals surface area contributed by atoms with Crippen LogP contribution in [0, 0.1) is 10.8 Å². The number of methoxy groups -OCH3 is 1. The van der Waals surface area contributed by atoms with Gasteiger partial charge in [0.1, 0.15) is 0 Å². The Morgan fingerprint density at radius 3 is 2.46 bits per heavy atom. The molecule has 0 radical (unpaired) electrons. The lowest BCUT2D eigenvalue weighted by atomic mass is 9.83. The second-order valence-corrected chi connectivity index (χ2v) is 7.46. The molecule has 0 aromatic rings. The zero-order valence-corrected chi connectivity index (χ0v) is 16.1. The van der Waals surface area contributed by atoms with E-state index in [9.17, 15) is 4.79 Å². The molecule has 0 aliphatic heterocycles. The summed E-state index contributed by atoms with van der Waals surface area (Å²) in [5.74, 6) is 0.799. The first kappa shape index (κ1) is 20.7. The number of carbonyl (C=O) groups excluding carboxylic acids is 1. The summed E-state index contributed by atoms with van der Waals surface area (Å²) in [5, 5.41) is 9.48. The van der Waals surface area contributed by atoms with Crippen molar-refractivity contribution >= 4 is 11.9 Å². The molecule has 1 saturated carbocycles. The average Bonchev–Trinajstić information content (AvgIpc) is 3.04. The van der Waals surface area contributed by atoms with Gasteiger partial charge < -0.3 is 20.7 Å². The zero-order valence-electron chi connectivity index (χ0n) is 16.1. The third-order valence-electron chi connectivity index (χ3n) is 4.95. The van der Waals surface area contributed by atoms with E-state index in [1.54, 1.807) is 14.2 Å². The fraction of sp³-hybridized carbons (Fsp3) is 0.889. The van der Waals surface area contributed by atoms with Crippen molar-refractivity contribution in [3.8, 4) is 0 Å². The maximum Gasteiger partial charge on any atom is 0.227 e. The molecule has 1 aliphatic carbocycles. The summed E-state index contributed by atoms with van der Waals surface area (Å²) in [6.07, 6.45) is 6.16. The van der Waals surface area contributed by atoms with E-state index in [4.69, 9.17) is 4.74 Å². The Bertz CT molecular complexity index is 415. The molecule has 0 spiro atoms. The van der Waals surface area contributed by atoms with Crippen molar-refractivity contribution in [1.82, 2.24) is 16.0 Å². The van der Waals surface area contributed by atoms with Gasteiger partial charge in [-0.05, 0) is 45.4 Å². The van der Waals surface area contributed by atoms with Gasteiger partial charge in [-0.2, -0.15) is 0 Å². The van der Waals surface area contributed by atoms with Gasteiger partial charge >= 0.3 is 0 Å². The first-order chi connectivity index (χ1) is 11.4. The van der Waals surface area contributed by atoms with Gasteiger partial charge in [-0.15, -0.1) is 0 Å². The molecular formula is C18H36N4O2. The minimum atomic E-state index is -0.516. The number of guanidine groups is 1. The van der Waals surface area contributed by atoms with Crippen LogP contribution >= 0.6 is 0 Å². The number of amides is 1. The summed E-state index contributed by atoms with van der Waals surface area (Å²) in [7, 11) is 3.43. The Balaban J connectivity index is 2.67. The minimum Gasteiger partial charge on any atom is -0.385 e. The number of ether oxygens (including phenoxy) is 1. The van der Waals surface area contributed by atoms with Crippen LogP contribution in [0.25, 0.3) is 0 Å². The van der Waals surface area contributed by atoms with Crippen LogP contribution in [0.15, 0.2) is 4.99 Å². The van der Waals surface area contributed by atoms with E-state index in [1.165, 1.54) is 25.7 Å². The van der Waals surface area contributed by atoms with Crippen molar-refractivity contribution in [2.45, 2.75) is 52.9 Å². The SMILES string of the molecule is CCNC(=NCC(C)(C)C(=O)NC)NCC1(CCOC)CCCC1.